The van der Waals surface area contributed by atoms with E-state index in [0.717, 1.165) is 0 Å². The fourth-order valence-corrected chi connectivity index (χ4v) is 2.36. The summed E-state index contributed by atoms with van der Waals surface area (Å²) in [5.41, 5.74) is 1.12. The monoisotopic (exact) mass is 302 g/mol. The molecule has 8 nitrogen and oxygen atoms in total. The predicted molar refractivity (Wildman–Crippen MR) is 75.1 cm³/mol. The van der Waals surface area contributed by atoms with Gasteiger partial charge in [0.05, 0.1) is 13.2 Å². The van der Waals surface area contributed by atoms with E-state index >= 15 is 0 Å². The maximum Gasteiger partial charge on any atom is 0.328 e. The Morgan fingerprint density at radius 1 is 1.41 bits per heavy atom. The molecule has 1 aromatic heterocycles. The molecule has 114 valence electrons. The van der Waals surface area contributed by atoms with Gasteiger partial charge in [-0.25, -0.2) is 9.78 Å². The lowest BCUT2D eigenvalue weighted by Crippen LogP contribution is -2.52. The average molecular weight is 302 g/mol. The number of nitrogens with zero attached hydrogens (tertiary/aromatic N) is 3. The van der Waals surface area contributed by atoms with E-state index in [-0.39, 0.29) is 19.1 Å². The van der Waals surface area contributed by atoms with Crippen LogP contribution < -0.4 is 0 Å². The van der Waals surface area contributed by atoms with Gasteiger partial charge in [-0.3, -0.25) is 9.89 Å². The number of nitrogens with one attached hydrogen (secondary N) is 1. The second kappa shape index (κ2) is 5.94. The Balaban J connectivity index is 1.88. The van der Waals surface area contributed by atoms with Gasteiger partial charge in [0.1, 0.15) is 6.33 Å². The number of hydrogen-bond donors (Lipinski definition) is 2. The van der Waals surface area contributed by atoms with Crippen LogP contribution in [0.4, 0.5) is 0 Å². The Hall–Kier alpha value is -2.74. The lowest BCUT2D eigenvalue weighted by Gasteiger charge is -2.32. The molecule has 2 N–H and O–H groups in total. The summed E-state index contributed by atoms with van der Waals surface area (Å²) in [7, 11) is 0. The van der Waals surface area contributed by atoms with Crippen molar-refractivity contribution in [3.05, 3.63) is 36.2 Å². The standard InChI is InChI=1S/C14H14N4O4/c19-13(18-4-5-22-7-11(18)14(20)21)10-3-1-2-9(6-10)12-15-8-16-17-12/h1-3,6,8,11H,4-5,7H2,(H,20,21)(H,15,16,17). The van der Waals surface area contributed by atoms with Gasteiger partial charge in [-0.1, -0.05) is 12.1 Å². The Morgan fingerprint density at radius 3 is 3.00 bits per heavy atom. The molecule has 2 heterocycles. The lowest BCUT2D eigenvalue weighted by molar-refractivity contribution is -0.147. The van der Waals surface area contributed by atoms with Crippen LogP contribution in [0.3, 0.4) is 0 Å². The smallest absolute Gasteiger partial charge is 0.328 e. The summed E-state index contributed by atoms with van der Waals surface area (Å²) < 4.78 is 5.14. The second-order valence-electron chi connectivity index (χ2n) is 4.84. The zero-order valence-electron chi connectivity index (χ0n) is 11.6. The minimum Gasteiger partial charge on any atom is -0.480 e. The van der Waals surface area contributed by atoms with Crippen molar-refractivity contribution in [2.24, 2.45) is 0 Å². The first-order chi connectivity index (χ1) is 10.7. The number of amides is 1. The molecule has 1 aromatic carbocycles. The molecule has 1 aliphatic heterocycles. The fourth-order valence-electron chi connectivity index (χ4n) is 2.36. The third-order valence-electron chi connectivity index (χ3n) is 3.47. The summed E-state index contributed by atoms with van der Waals surface area (Å²) in [6.45, 7) is 0.586. The number of aromatic amines is 1. The van der Waals surface area contributed by atoms with Crippen molar-refractivity contribution in [2.75, 3.05) is 19.8 Å². The van der Waals surface area contributed by atoms with Gasteiger partial charge in [-0.2, -0.15) is 5.10 Å². The molecule has 22 heavy (non-hydrogen) atoms. The summed E-state index contributed by atoms with van der Waals surface area (Å²) in [6.07, 6.45) is 1.38. The number of carbonyl (C=O) groups is 2. The number of carboxylic acids is 1. The van der Waals surface area contributed by atoms with Crippen molar-refractivity contribution in [3.63, 3.8) is 0 Å². The molecule has 8 heteroatoms. The molecule has 0 aliphatic carbocycles. The van der Waals surface area contributed by atoms with Gasteiger partial charge in [0, 0.05) is 17.7 Å². The number of ether oxygens (including phenoxy) is 1. The Morgan fingerprint density at radius 2 is 2.27 bits per heavy atom. The highest BCUT2D eigenvalue weighted by Gasteiger charge is 2.33. The Kier molecular flexibility index (Phi) is 3.84. The first kappa shape index (κ1) is 14.2. The predicted octanol–water partition coefficient (Wildman–Crippen LogP) is 0.397. The number of carboxylic acid groups (broad SMARTS) is 1. The van der Waals surface area contributed by atoms with Crippen molar-refractivity contribution in [3.8, 4) is 11.4 Å². The number of rotatable bonds is 3. The average Bonchev–Trinajstić information content (AvgIpc) is 3.09. The molecule has 0 radical (unpaired) electrons. The van der Waals surface area contributed by atoms with E-state index in [1.165, 1.54) is 11.2 Å². The summed E-state index contributed by atoms with van der Waals surface area (Å²) in [4.78, 5) is 29.2. The molecular weight excluding hydrogens is 288 g/mol. The van der Waals surface area contributed by atoms with E-state index in [4.69, 9.17) is 4.74 Å². The van der Waals surface area contributed by atoms with Gasteiger partial charge < -0.3 is 14.7 Å². The number of morpholine rings is 1. The summed E-state index contributed by atoms with van der Waals surface area (Å²) in [5.74, 6) is -0.858. The normalized spacial score (nSPS) is 18.2. The summed E-state index contributed by atoms with van der Waals surface area (Å²) in [6, 6.07) is 5.87. The van der Waals surface area contributed by atoms with Crippen LogP contribution in [0.1, 0.15) is 10.4 Å². The molecular formula is C14H14N4O4. The molecule has 1 aliphatic rings. The van der Waals surface area contributed by atoms with Crippen molar-refractivity contribution in [2.45, 2.75) is 6.04 Å². The van der Waals surface area contributed by atoms with E-state index in [9.17, 15) is 14.7 Å². The van der Waals surface area contributed by atoms with E-state index < -0.39 is 12.0 Å². The van der Waals surface area contributed by atoms with Gasteiger partial charge >= 0.3 is 5.97 Å². The van der Waals surface area contributed by atoms with Crippen molar-refractivity contribution in [1.82, 2.24) is 20.1 Å². The van der Waals surface area contributed by atoms with E-state index in [2.05, 4.69) is 15.2 Å². The van der Waals surface area contributed by atoms with Crippen LogP contribution in [-0.2, 0) is 9.53 Å². The quantitative estimate of drug-likeness (QED) is 0.849. The van der Waals surface area contributed by atoms with Gasteiger partial charge in [0.2, 0.25) is 0 Å². The molecule has 0 spiro atoms. The molecule has 1 saturated heterocycles. The maximum absolute atomic E-state index is 12.6. The first-order valence-electron chi connectivity index (χ1n) is 6.74. The zero-order chi connectivity index (χ0) is 15.5. The van der Waals surface area contributed by atoms with Gasteiger partial charge in [0.25, 0.3) is 5.91 Å². The maximum atomic E-state index is 12.6. The molecule has 1 unspecified atom stereocenters. The van der Waals surface area contributed by atoms with Crippen LogP contribution in [0.5, 0.6) is 0 Å². The van der Waals surface area contributed by atoms with Gasteiger partial charge in [-0.05, 0) is 12.1 Å². The molecule has 1 amide bonds. The zero-order valence-corrected chi connectivity index (χ0v) is 11.6. The molecule has 1 fully saturated rings. The van der Waals surface area contributed by atoms with Crippen LogP contribution >= 0.6 is 0 Å². The number of aromatic nitrogens is 3. The third-order valence-corrected chi connectivity index (χ3v) is 3.47. The number of carbonyl (C=O) groups excluding carboxylic acids is 1. The molecule has 3 rings (SSSR count). The summed E-state index contributed by atoms with van der Waals surface area (Å²) in [5, 5.41) is 15.7. The third kappa shape index (κ3) is 2.68. The molecule has 0 bridgehead atoms. The first-order valence-corrected chi connectivity index (χ1v) is 6.74. The van der Waals surface area contributed by atoms with Crippen LogP contribution in [0.2, 0.25) is 0 Å². The number of hydrogen-bond acceptors (Lipinski definition) is 5. The summed E-state index contributed by atoms with van der Waals surface area (Å²) >= 11 is 0. The topological polar surface area (TPSA) is 108 Å². The molecule has 2 aromatic rings. The Bertz CT molecular complexity index is 686. The van der Waals surface area contributed by atoms with E-state index in [0.29, 0.717) is 23.6 Å². The van der Waals surface area contributed by atoms with Crippen LogP contribution in [-0.4, -0.2) is 62.9 Å². The fraction of sp³-hybridized carbons (Fsp3) is 0.286. The number of aliphatic carboxylic acids is 1. The SMILES string of the molecule is O=C(O)C1COCCN1C(=O)c1cccc(-c2ncn[nH]2)c1. The minimum absolute atomic E-state index is 0.00285. The van der Waals surface area contributed by atoms with Crippen molar-refractivity contribution < 1.29 is 19.4 Å². The number of H-pyrrole nitrogens is 1. The van der Waals surface area contributed by atoms with Crippen LogP contribution in [0.25, 0.3) is 11.4 Å². The highest BCUT2D eigenvalue weighted by molar-refractivity contribution is 5.97. The minimum atomic E-state index is -1.07. The number of benzene rings is 1. The highest BCUT2D eigenvalue weighted by Crippen LogP contribution is 2.18. The van der Waals surface area contributed by atoms with Crippen molar-refractivity contribution in [1.29, 1.82) is 0 Å². The van der Waals surface area contributed by atoms with Gasteiger partial charge in [-0.15, -0.1) is 0 Å². The van der Waals surface area contributed by atoms with E-state index in [1.807, 2.05) is 0 Å². The lowest BCUT2D eigenvalue weighted by atomic mass is 10.1. The molecule has 1 atom stereocenters. The van der Waals surface area contributed by atoms with Crippen LogP contribution in [0.15, 0.2) is 30.6 Å². The second-order valence-corrected chi connectivity index (χ2v) is 4.84. The highest BCUT2D eigenvalue weighted by atomic mass is 16.5. The van der Waals surface area contributed by atoms with Crippen molar-refractivity contribution >= 4 is 11.9 Å². The van der Waals surface area contributed by atoms with Crippen LogP contribution in [0, 0.1) is 0 Å². The Labute approximate surface area is 125 Å². The molecule has 0 saturated carbocycles. The van der Waals surface area contributed by atoms with E-state index in [1.54, 1.807) is 24.3 Å². The van der Waals surface area contributed by atoms with Gasteiger partial charge in [0.15, 0.2) is 11.9 Å². The largest absolute Gasteiger partial charge is 0.480 e.